The molecule has 7 heteroatoms. The average molecular weight is 281 g/mol. The van der Waals surface area contributed by atoms with Gasteiger partial charge in [0.05, 0.1) is 18.1 Å². The summed E-state index contributed by atoms with van der Waals surface area (Å²) in [4.78, 5) is 22.1. The number of carbonyl (C=O) groups excluding carboxylic acids is 1. The van der Waals surface area contributed by atoms with Gasteiger partial charge in [0.2, 0.25) is 5.91 Å². The molecule has 0 saturated heterocycles. The van der Waals surface area contributed by atoms with Gasteiger partial charge in [-0.2, -0.15) is 0 Å². The summed E-state index contributed by atoms with van der Waals surface area (Å²) in [5.74, 6) is 0.102. The van der Waals surface area contributed by atoms with E-state index in [1.54, 1.807) is 6.07 Å². The number of hydrogen-bond acceptors (Lipinski definition) is 5. The van der Waals surface area contributed by atoms with Crippen molar-refractivity contribution in [1.82, 2.24) is 0 Å². The predicted octanol–water partition coefficient (Wildman–Crippen LogP) is 2.06. The van der Waals surface area contributed by atoms with Crippen LogP contribution in [0, 0.1) is 10.1 Å². The number of ether oxygens (including phenoxy) is 1. The van der Waals surface area contributed by atoms with Gasteiger partial charge in [0.25, 0.3) is 5.69 Å². The fourth-order valence-corrected chi connectivity index (χ4v) is 1.69. The van der Waals surface area contributed by atoms with E-state index in [4.69, 9.17) is 10.5 Å². The molecule has 7 nitrogen and oxygen atoms in total. The second-order valence-corrected chi connectivity index (χ2v) is 4.56. The maximum atomic E-state index is 11.7. The van der Waals surface area contributed by atoms with E-state index >= 15 is 0 Å². The molecule has 0 spiro atoms. The number of nitro groups is 1. The van der Waals surface area contributed by atoms with Crippen LogP contribution in [0.15, 0.2) is 18.2 Å². The van der Waals surface area contributed by atoms with Crippen LogP contribution in [0.5, 0.6) is 5.75 Å². The highest BCUT2D eigenvalue weighted by molar-refractivity contribution is 5.93. The fraction of sp³-hybridized carbons (Fsp3) is 0.462. The van der Waals surface area contributed by atoms with Crippen LogP contribution < -0.4 is 15.8 Å². The van der Waals surface area contributed by atoms with Crippen LogP contribution in [0.25, 0.3) is 0 Å². The molecule has 110 valence electrons. The summed E-state index contributed by atoms with van der Waals surface area (Å²) in [6.07, 6.45) is 1.66. The van der Waals surface area contributed by atoms with Crippen LogP contribution in [-0.4, -0.2) is 24.0 Å². The number of methoxy groups -OCH3 is 1. The Morgan fingerprint density at radius 3 is 2.80 bits per heavy atom. The summed E-state index contributed by atoms with van der Waals surface area (Å²) in [6.45, 7) is 1.87. The summed E-state index contributed by atoms with van der Waals surface area (Å²) >= 11 is 0. The number of hydrogen-bond donors (Lipinski definition) is 2. The first-order chi connectivity index (χ1) is 9.43. The first-order valence-electron chi connectivity index (χ1n) is 6.32. The molecule has 1 atom stereocenters. The Morgan fingerprint density at radius 2 is 2.25 bits per heavy atom. The van der Waals surface area contributed by atoms with Crippen molar-refractivity contribution >= 4 is 17.3 Å². The molecule has 1 amide bonds. The molecule has 20 heavy (non-hydrogen) atoms. The third-order valence-corrected chi connectivity index (χ3v) is 2.74. The van der Waals surface area contributed by atoms with E-state index < -0.39 is 4.92 Å². The maximum Gasteiger partial charge on any atom is 0.296 e. The largest absolute Gasteiger partial charge is 0.496 e. The van der Waals surface area contributed by atoms with Gasteiger partial charge in [-0.25, -0.2) is 0 Å². The Kier molecular flexibility index (Phi) is 5.92. The van der Waals surface area contributed by atoms with E-state index in [0.29, 0.717) is 12.2 Å². The molecular formula is C13H19N3O4. The number of nitro benzene ring substituents is 1. The molecule has 0 radical (unpaired) electrons. The summed E-state index contributed by atoms with van der Waals surface area (Å²) in [6, 6.07) is 4.33. The Balaban J connectivity index is 2.71. The molecule has 0 bridgehead atoms. The highest BCUT2D eigenvalue weighted by Crippen LogP contribution is 2.29. The summed E-state index contributed by atoms with van der Waals surface area (Å²) in [5.41, 5.74) is 5.57. The van der Waals surface area contributed by atoms with E-state index in [-0.39, 0.29) is 29.7 Å². The lowest BCUT2D eigenvalue weighted by molar-refractivity contribution is -0.384. The van der Waals surface area contributed by atoms with E-state index in [1.807, 2.05) is 6.92 Å². The van der Waals surface area contributed by atoms with E-state index in [0.717, 1.165) is 6.42 Å². The van der Waals surface area contributed by atoms with Crippen LogP contribution in [0.3, 0.4) is 0 Å². The molecule has 0 aliphatic carbocycles. The van der Waals surface area contributed by atoms with Crippen LogP contribution in [-0.2, 0) is 4.79 Å². The smallest absolute Gasteiger partial charge is 0.296 e. The van der Waals surface area contributed by atoms with E-state index in [1.165, 1.54) is 19.2 Å². The minimum absolute atomic E-state index is 0.0399. The molecular weight excluding hydrogens is 262 g/mol. The second kappa shape index (κ2) is 7.44. The lowest BCUT2D eigenvalue weighted by Crippen LogP contribution is -2.17. The Bertz CT molecular complexity index is 489. The second-order valence-electron chi connectivity index (χ2n) is 4.56. The number of amides is 1. The standard InChI is InChI=1S/C13H19N3O4/c1-9(14)4-3-5-13(17)15-11-7-6-10(20-2)8-12(11)16(18)19/h6-9H,3-5,14H2,1-2H3,(H,15,17). The number of nitrogens with one attached hydrogen (secondary N) is 1. The third kappa shape index (κ3) is 4.85. The van der Waals surface area contributed by atoms with Crippen molar-refractivity contribution in [2.75, 3.05) is 12.4 Å². The molecule has 1 unspecified atom stereocenters. The molecule has 0 saturated carbocycles. The zero-order valence-corrected chi connectivity index (χ0v) is 11.6. The number of nitrogens with zero attached hydrogens (tertiary/aromatic N) is 1. The van der Waals surface area contributed by atoms with E-state index in [9.17, 15) is 14.9 Å². The van der Waals surface area contributed by atoms with Crippen LogP contribution in [0.2, 0.25) is 0 Å². The van der Waals surface area contributed by atoms with Crippen molar-refractivity contribution in [1.29, 1.82) is 0 Å². The molecule has 0 fully saturated rings. The van der Waals surface area contributed by atoms with Crippen LogP contribution in [0.4, 0.5) is 11.4 Å². The van der Waals surface area contributed by atoms with Crippen molar-refractivity contribution in [3.8, 4) is 5.75 Å². The highest BCUT2D eigenvalue weighted by Gasteiger charge is 2.17. The first-order valence-corrected chi connectivity index (χ1v) is 6.32. The Hall–Kier alpha value is -2.15. The van der Waals surface area contributed by atoms with Crippen molar-refractivity contribution in [2.24, 2.45) is 5.73 Å². The summed E-state index contributed by atoms with van der Waals surface area (Å²) in [5, 5.41) is 13.5. The van der Waals surface area contributed by atoms with Crippen LogP contribution in [0.1, 0.15) is 26.2 Å². The number of rotatable bonds is 7. The van der Waals surface area contributed by atoms with Crippen molar-refractivity contribution < 1.29 is 14.5 Å². The molecule has 1 aromatic rings. The van der Waals surface area contributed by atoms with Gasteiger partial charge in [-0.1, -0.05) is 0 Å². The average Bonchev–Trinajstić information content (AvgIpc) is 2.38. The predicted molar refractivity (Wildman–Crippen MR) is 75.8 cm³/mol. The summed E-state index contributed by atoms with van der Waals surface area (Å²) < 4.78 is 4.93. The number of benzene rings is 1. The van der Waals surface area contributed by atoms with Gasteiger partial charge in [0, 0.05) is 12.5 Å². The molecule has 0 heterocycles. The summed E-state index contributed by atoms with van der Waals surface area (Å²) in [7, 11) is 1.42. The van der Waals surface area contributed by atoms with E-state index in [2.05, 4.69) is 5.32 Å². The van der Waals surface area contributed by atoms with Gasteiger partial charge in [-0.3, -0.25) is 14.9 Å². The van der Waals surface area contributed by atoms with Gasteiger partial charge in [0.15, 0.2) is 0 Å². The monoisotopic (exact) mass is 281 g/mol. The third-order valence-electron chi connectivity index (χ3n) is 2.74. The normalized spacial score (nSPS) is 11.8. The zero-order chi connectivity index (χ0) is 15.1. The quantitative estimate of drug-likeness (QED) is 0.587. The van der Waals surface area contributed by atoms with Gasteiger partial charge in [-0.15, -0.1) is 0 Å². The molecule has 0 aromatic heterocycles. The maximum absolute atomic E-state index is 11.7. The highest BCUT2D eigenvalue weighted by atomic mass is 16.6. The lowest BCUT2D eigenvalue weighted by Gasteiger charge is -2.08. The van der Waals surface area contributed by atoms with Crippen molar-refractivity contribution in [3.63, 3.8) is 0 Å². The topological polar surface area (TPSA) is 107 Å². The Morgan fingerprint density at radius 1 is 1.55 bits per heavy atom. The number of nitrogens with two attached hydrogens (primary N) is 1. The van der Waals surface area contributed by atoms with Gasteiger partial charge >= 0.3 is 0 Å². The van der Waals surface area contributed by atoms with Crippen molar-refractivity contribution in [3.05, 3.63) is 28.3 Å². The first kappa shape index (κ1) is 15.9. The molecule has 0 aliphatic rings. The molecule has 1 aromatic carbocycles. The van der Waals surface area contributed by atoms with Gasteiger partial charge in [-0.05, 0) is 31.9 Å². The Labute approximate surface area is 117 Å². The minimum Gasteiger partial charge on any atom is -0.496 e. The number of carbonyl (C=O) groups is 1. The molecule has 3 N–H and O–H groups in total. The van der Waals surface area contributed by atoms with Crippen molar-refractivity contribution in [2.45, 2.75) is 32.2 Å². The van der Waals surface area contributed by atoms with Gasteiger partial charge < -0.3 is 15.8 Å². The zero-order valence-electron chi connectivity index (χ0n) is 11.6. The minimum atomic E-state index is -0.555. The number of anilines is 1. The molecule has 1 rings (SSSR count). The van der Waals surface area contributed by atoms with Crippen LogP contribution >= 0.6 is 0 Å². The SMILES string of the molecule is COc1ccc(NC(=O)CCCC(C)N)c([N+](=O)[O-])c1. The lowest BCUT2D eigenvalue weighted by atomic mass is 10.1. The fourth-order valence-electron chi connectivity index (χ4n) is 1.69. The molecule has 0 aliphatic heterocycles. The van der Waals surface area contributed by atoms with Gasteiger partial charge in [0.1, 0.15) is 11.4 Å².